The quantitative estimate of drug-likeness (QED) is 0.764. The van der Waals surface area contributed by atoms with Crippen molar-refractivity contribution in [2.24, 2.45) is 0 Å². The molecule has 0 aliphatic rings. The molecule has 0 saturated carbocycles. The largest absolute Gasteiger partial charge is 0.326 e. The minimum absolute atomic E-state index is 0.0456. The number of anilines is 2. The molecule has 128 valence electrons. The van der Waals surface area contributed by atoms with Gasteiger partial charge in [-0.2, -0.15) is 0 Å². The highest BCUT2D eigenvalue weighted by atomic mass is 35.7. The smallest absolute Gasteiger partial charge is 0.261 e. The predicted octanol–water partition coefficient (Wildman–Crippen LogP) is 2.37. The van der Waals surface area contributed by atoms with Crippen LogP contribution >= 0.6 is 10.7 Å². The Bertz CT molecular complexity index is 970. The molecular weight excluding hydrogens is 376 g/mol. The molecule has 7 nitrogen and oxygen atoms in total. The van der Waals surface area contributed by atoms with Crippen LogP contribution in [0.15, 0.2) is 58.3 Å². The molecule has 10 heteroatoms. The zero-order valence-corrected chi connectivity index (χ0v) is 14.7. The Morgan fingerprint density at radius 1 is 0.917 bits per heavy atom. The van der Waals surface area contributed by atoms with Gasteiger partial charge in [-0.25, -0.2) is 16.8 Å². The summed E-state index contributed by atoms with van der Waals surface area (Å²) in [6.45, 7) is 1.34. The van der Waals surface area contributed by atoms with Crippen LogP contribution in [-0.4, -0.2) is 22.7 Å². The predicted molar refractivity (Wildman–Crippen MR) is 91.0 cm³/mol. The van der Waals surface area contributed by atoms with Crippen molar-refractivity contribution in [1.29, 1.82) is 0 Å². The number of carbonyl (C=O) groups excluding carboxylic acids is 1. The van der Waals surface area contributed by atoms with Gasteiger partial charge >= 0.3 is 0 Å². The van der Waals surface area contributed by atoms with Crippen LogP contribution in [0.2, 0.25) is 0 Å². The van der Waals surface area contributed by atoms with E-state index in [4.69, 9.17) is 10.7 Å². The third-order valence-electron chi connectivity index (χ3n) is 2.85. The molecule has 0 atom stereocenters. The average molecular weight is 389 g/mol. The van der Waals surface area contributed by atoms with Crippen molar-refractivity contribution in [2.45, 2.75) is 16.7 Å². The van der Waals surface area contributed by atoms with Gasteiger partial charge in [-0.1, -0.05) is 6.07 Å². The van der Waals surface area contributed by atoms with Crippen LogP contribution < -0.4 is 10.0 Å². The third kappa shape index (κ3) is 4.70. The lowest BCUT2D eigenvalue weighted by Crippen LogP contribution is -2.13. The first-order chi connectivity index (χ1) is 11.1. The number of carbonyl (C=O) groups is 1. The summed E-state index contributed by atoms with van der Waals surface area (Å²) in [4.78, 5) is 10.7. The number of halogens is 1. The molecule has 2 rings (SSSR count). The number of nitrogens with one attached hydrogen (secondary N) is 2. The Morgan fingerprint density at radius 3 is 2.08 bits per heavy atom. The van der Waals surface area contributed by atoms with E-state index in [0.29, 0.717) is 5.69 Å². The van der Waals surface area contributed by atoms with Crippen LogP contribution in [0.4, 0.5) is 11.4 Å². The van der Waals surface area contributed by atoms with Gasteiger partial charge in [0, 0.05) is 23.3 Å². The van der Waals surface area contributed by atoms with Gasteiger partial charge in [-0.3, -0.25) is 9.52 Å². The molecule has 0 aliphatic heterocycles. The summed E-state index contributed by atoms with van der Waals surface area (Å²) in [5.41, 5.74) is 0.513. The molecule has 0 radical (unpaired) electrons. The zero-order chi connectivity index (χ0) is 18.0. The second-order valence-corrected chi connectivity index (χ2v) is 9.03. The van der Waals surface area contributed by atoms with Gasteiger partial charge in [-0.05, 0) is 42.5 Å². The van der Waals surface area contributed by atoms with E-state index in [9.17, 15) is 21.6 Å². The van der Waals surface area contributed by atoms with Crippen LogP contribution in [0.3, 0.4) is 0 Å². The summed E-state index contributed by atoms with van der Waals surface area (Å²) >= 11 is 0. The van der Waals surface area contributed by atoms with E-state index in [1.165, 1.54) is 49.4 Å². The summed E-state index contributed by atoms with van der Waals surface area (Å²) in [5.74, 6) is -0.275. The van der Waals surface area contributed by atoms with Gasteiger partial charge in [-0.15, -0.1) is 0 Å². The number of hydrogen-bond acceptors (Lipinski definition) is 5. The lowest BCUT2D eigenvalue weighted by atomic mass is 10.3. The maximum atomic E-state index is 12.3. The van der Waals surface area contributed by atoms with Gasteiger partial charge in [0.25, 0.3) is 19.1 Å². The fourth-order valence-electron chi connectivity index (χ4n) is 1.85. The average Bonchev–Trinajstić information content (AvgIpc) is 2.46. The molecule has 24 heavy (non-hydrogen) atoms. The normalized spacial score (nSPS) is 11.8. The number of hydrogen-bond donors (Lipinski definition) is 2. The molecule has 0 saturated heterocycles. The van der Waals surface area contributed by atoms with E-state index in [0.717, 1.165) is 6.07 Å². The summed E-state index contributed by atoms with van der Waals surface area (Å²) in [5, 5.41) is 2.52. The Kier molecular flexibility index (Phi) is 5.16. The molecule has 0 unspecified atom stereocenters. The lowest BCUT2D eigenvalue weighted by molar-refractivity contribution is -0.114. The van der Waals surface area contributed by atoms with E-state index in [1.807, 2.05) is 0 Å². The SMILES string of the molecule is CC(=O)Nc1ccc(S(=O)(=O)Nc2cccc(S(=O)(=O)Cl)c2)cc1. The summed E-state index contributed by atoms with van der Waals surface area (Å²) in [6.07, 6.45) is 0. The molecule has 0 spiro atoms. The van der Waals surface area contributed by atoms with Gasteiger partial charge in [0.2, 0.25) is 5.91 Å². The van der Waals surface area contributed by atoms with Crippen LogP contribution in [0.1, 0.15) is 6.92 Å². The molecule has 2 aromatic rings. The van der Waals surface area contributed by atoms with Gasteiger partial charge in [0.05, 0.1) is 15.5 Å². The van der Waals surface area contributed by atoms with Crippen molar-refractivity contribution in [2.75, 3.05) is 10.0 Å². The Labute approximate surface area is 144 Å². The molecule has 0 bridgehead atoms. The van der Waals surface area contributed by atoms with Crippen LogP contribution in [-0.2, 0) is 23.9 Å². The maximum Gasteiger partial charge on any atom is 0.261 e. The Balaban J connectivity index is 2.27. The minimum atomic E-state index is -3.97. The molecule has 0 heterocycles. The highest BCUT2D eigenvalue weighted by molar-refractivity contribution is 8.13. The monoisotopic (exact) mass is 388 g/mol. The molecule has 1 amide bonds. The molecule has 0 fully saturated rings. The second-order valence-electron chi connectivity index (χ2n) is 4.78. The van der Waals surface area contributed by atoms with Crippen molar-refractivity contribution >= 4 is 47.0 Å². The fourth-order valence-corrected chi connectivity index (χ4v) is 3.69. The van der Waals surface area contributed by atoms with Crippen LogP contribution in [0.5, 0.6) is 0 Å². The molecule has 2 N–H and O–H groups in total. The molecule has 0 aromatic heterocycles. The first kappa shape index (κ1) is 18.2. The minimum Gasteiger partial charge on any atom is -0.326 e. The van der Waals surface area contributed by atoms with Crippen LogP contribution in [0.25, 0.3) is 0 Å². The van der Waals surface area contributed by atoms with Crippen molar-refractivity contribution in [3.63, 3.8) is 0 Å². The number of sulfonamides is 1. The summed E-state index contributed by atoms with van der Waals surface area (Å²) < 4.78 is 49.5. The molecule has 0 aliphatic carbocycles. The second kappa shape index (κ2) is 6.80. The topological polar surface area (TPSA) is 109 Å². The van der Waals surface area contributed by atoms with E-state index in [-0.39, 0.29) is 21.4 Å². The molecular formula is C14H13ClN2O5S2. The Hall–Kier alpha value is -2.10. The summed E-state index contributed by atoms with van der Waals surface area (Å²) in [6, 6.07) is 10.6. The zero-order valence-electron chi connectivity index (χ0n) is 12.4. The van der Waals surface area contributed by atoms with Crippen molar-refractivity contribution in [3.8, 4) is 0 Å². The third-order valence-corrected chi connectivity index (χ3v) is 5.60. The van der Waals surface area contributed by atoms with Crippen molar-refractivity contribution in [1.82, 2.24) is 0 Å². The number of rotatable bonds is 5. The first-order valence-corrected chi connectivity index (χ1v) is 10.3. The summed E-state index contributed by atoms with van der Waals surface area (Å²) in [7, 11) is -2.65. The van der Waals surface area contributed by atoms with Crippen molar-refractivity contribution in [3.05, 3.63) is 48.5 Å². The van der Waals surface area contributed by atoms with E-state index >= 15 is 0 Å². The highest BCUT2D eigenvalue weighted by Gasteiger charge is 2.16. The number of amides is 1. The molecule has 2 aromatic carbocycles. The van der Waals surface area contributed by atoms with E-state index in [1.54, 1.807) is 0 Å². The highest BCUT2D eigenvalue weighted by Crippen LogP contribution is 2.22. The maximum absolute atomic E-state index is 12.3. The van der Waals surface area contributed by atoms with Crippen molar-refractivity contribution < 1.29 is 21.6 Å². The van der Waals surface area contributed by atoms with Gasteiger partial charge in [0.15, 0.2) is 0 Å². The van der Waals surface area contributed by atoms with E-state index < -0.39 is 19.1 Å². The number of benzene rings is 2. The Morgan fingerprint density at radius 2 is 1.54 bits per heavy atom. The van der Waals surface area contributed by atoms with Gasteiger partial charge < -0.3 is 5.32 Å². The first-order valence-electron chi connectivity index (χ1n) is 6.53. The fraction of sp³-hybridized carbons (Fsp3) is 0.0714. The van der Waals surface area contributed by atoms with Crippen LogP contribution in [0, 0.1) is 0 Å². The standard InChI is InChI=1S/C14H13ClN2O5S2/c1-10(18)16-11-5-7-13(8-6-11)24(21,22)17-12-3-2-4-14(9-12)23(15,19)20/h2-9,17H,1H3,(H,16,18). The van der Waals surface area contributed by atoms with Gasteiger partial charge in [0.1, 0.15) is 0 Å². The lowest BCUT2D eigenvalue weighted by Gasteiger charge is -2.09. The van der Waals surface area contributed by atoms with E-state index in [2.05, 4.69) is 10.0 Å².